The Hall–Kier alpha value is -4.74. The Morgan fingerprint density at radius 2 is 1.27 bits per heavy atom. The van der Waals surface area contributed by atoms with Crippen molar-refractivity contribution in [2.75, 3.05) is 5.73 Å². The third kappa shape index (κ3) is 3.21. The van der Waals surface area contributed by atoms with Gasteiger partial charge in [0.05, 0.1) is 16.6 Å². The van der Waals surface area contributed by atoms with E-state index in [2.05, 4.69) is 39.2 Å². The zero-order valence-corrected chi connectivity index (χ0v) is 21.1. The predicted molar refractivity (Wildman–Crippen MR) is 155 cm³/mol. The van der Waals surface area contributed by atoms with Gasteiger partial charge >= 0.3 is 0 Å². The third-order valence-corrected chi connectivity index (χ3v) is 7.88. The van der Waals surface area contributed by atoms with Gasteiger partial charge in [0.25, 0.3) is 0 Å². The van der Waals surface area contributed by atoms with E-state index in [1.807, 2.05) is 55.5 Å². The quantitative estimate of drug-likeness (QED) is 0.306. The lowest BCUT2D eigenvalue weighted by Crippen LogP contribution is -2.07. The highest BCUT2D eigenvalue weighted by atomic mass is 31.1. The molecule has 7 rings (SSSR count). The maximum Gasteiger partial charge on any atom is 0.152 e. The van der Waals surface area contributed by atoms with Crippen LogP contribution in [0.25, 0.3) is 67.2 Å². The molecular formula is C29H22N7P. The van der Waals surface area contributed by atoms with E-state index in [9.17, 15) is 0 Å². The van der Waals surface area contributed by atoms with Gasteiger partial charge in [-0.15, -0.1) is 0 Å². The van der Waals surface area contributed by atoms with E-state index in [1.54, 1.807) is 12.1 Å². The number of anilines is 1. The number of nitrogens with zero attached hydrogens (tertiary/aromatic N) is 6. The number of hydrogen-bond donors (Lipinski definition) is 1. The summed E-state index contributed by atoms with van der Waals surface area (Å²) in [6.45, 7) is 6.11. The minimum atomic E-state index is 0.0546. The summed E-state index contributed by atoms with van der Waals surface area (Å²) in [6, 6.07) is 24.1. The van der Waals surface area contributed by atoms with Crippen LogP contribution in [0.5, 0.6) is 0 Å². The molecular weight excluding hydrogens is 477 g/mol. The molecule has 8 heteroatoms. The van der Waals surface area contributed by atoms with Gasteiger partial charge in [0, 0.05) is 35.4 Å². The molecule has 0 spiro atoms. The maximum absolute atomic E-state index is 6.39. The van der Waals surface area contributed by atoms with Gasteiger partial charge in [-0.25, -0.2) is 19.9 Å². The fourth-order valence-electron chi connectivity index (χ4n) is 4.96. The fraction of sp³-hybridized carbons (Fsp3) is 0.0345. The molecule has 5 heterocycles. The molecule has 1 unspecified atom stereocenters. The van der Waals surface area contributed by atoms with Gasteiger partial charge in [-0.3, -0.25) is 8.33 Å². The predicted octanol–water partition coefficient (Wildman–Crippen LogP) is 5.85. The molecule has 0 aliphatic rings. The Bertz CT molecular complexity index is 2200. The van der Waals surface area contributed by atoms with Crippen LogP contribution in [-0.4, -0.2) is 28.3 Å². The normalized spacial score (nSPS) is 12.5. The van der Waals surface area contributed by atoms with Crippen molar-refractivity contribution in [3.05, 3.63) is 90.4 Å². The van der Waals surface area contributed by atoms with Crippen molar-refractivity contribution in [2.45, 2.75) is 6.92 Å². The number of aromatic nitrogens is 6. The summed E-state index contributed by atoms with van der Waals surface area (Å²) < 4.78 is 4.30. The highest BCUT2D eigenvalue weighted by molar-refractivity contribution is 7.22. The second-order valence-electron chi connectivity index (χ2n) is 8.80. The van der Waals surface area contributed by atoms with Gasteiger partial charge < -0.3 is 5.73 Å². The largest absolute Gasteiger partial charge is 0.384 e. The summed E-state index contributed by atoms with van der Waals surface area (Å²) in [6.07, 6.45) is 3.80. The highest BCUT2D eigenvalue weighted by Crippen LogP contribution is 2.32. The van der Waals surface area contributed by atoms with Gasteiger partial charge in [0.15, 0.2) is 22.6 Å². The molecule has 1 atom stereocenters. The molecule has 0 fully saturated rings. The average Bonchev–Trinajstić information content (AvgIpc) is 3.37. The minimum absolute atomic E-state index is 0.0546. The van der Waals surface area contributed by atoms with Crippen molar-refractivity contribution in [1.29, 1.82) is 0 Å². The number of nitrogen functional groups attached to an aromatic ring is 1. The number of benzene rings is 2. The molecule has 0 aliphatic heterocycles. The first-order chi connectivity index (χ1) is 18.2. The van der Waals surface area contributed by atoms with Crippen molar-refractivity contribution >= 4 is 81.5 Å². The number of hydrogen-bond acceptors (Lipinski definition) is 5. The van der Waals surface area contributed by atoms with E-state index < -0.39 is 0 Å². The zero-order chi connectivity index (χ0) is 25.1. The van der Waals surface area contributed by atoms with Crippen molar-refractivity contribution in [1.82, 2.24) is 28.3 Å². The summed E-state index contributed by atoms with van der Waals surface area (Å²) in [4.78, 5) is 20.5. The molecule has 7 aromatic rings. The van der Waals surface area contributed by atoms with Crippen LogP contribution in [0.3, 0.4) is 0 Å². The monoisotopic (exact) mass is 499 g/mol. The fourth-order valence-corrected chi connectivity index (χ4v) is 6.22. The lowest BCUT2D eigenvalue weighted by molar-refractivity contribution is 1.21. The van der Waals surface area contributed by atoms with Crippen LogP contribution in [0.15, 0.2) is 79.4 Å². The lowest BCUT2D eigenvalue weighted by atomic mass is 10.2. The van der Waals surface area contributed by atoms with Crippen LogP contribution in [0, 0.1) is 0 Å². The minimum Gasteiger partial charge on any atom is -0.384 e. The van der Waals surface area contributed by atoms with E-state index in [4.69, 9.17) is 25.7 Å². The second kappa shape index (κ2) is 8.15. The van der Waals surface area contributed by atoms with Gasteiger partial charge in [0.1, 0.15) is 5.82 Å². The highest BCUT2D eigenvalue weighted by Gasteiger charge is 2.14. The van der Waals surface area contributed by atoms with Gasteiger partial charge in [0.2, 0.25) is 0 Å². The summed E-state index contributed by atoms with van der Waals surface area (Å²) >= 11 is 0. The Labute approximate surface area is 212 Å². The molecule has 2 aromatic carbocycles. The smallest absolute Gasteiger partial charge is 0.152 e. The van der Waals surface area contributed by atoms with Crippen LogP contribution >= 0.6 is 8.51 Å². The molecule has 37 heavy (non-hydrogen) atoms. The average molecular weight is 500 g/mol. The Balaban J connectivity index is 2.04. The van der Waals surface area contributed by atoms with E-state index in [1.165, 1.54) is 0 Å². The van der Waals surface area contributed by atoms with Crippen LogP contribution in [-0.2, 0) is 0 Å². The number of nitrogens with two attached hydrogens (primary N) is 1. The molecule has 5 aromatic heterocycles. The van der Waals surface area contributed by atoms with Crippen molar-refractivity contribution in [3.63, 3.8) is 0 Å². The number of fused-ring (bicyclic) bond motifs is 7. The van der Waals surface area contributed by atoms with Crippen molar-refractivity contribution in [3.8, 4) is 0 Å². The molecule has 0 aliphatic carbocycles. The van der Waals surface area contributed by atoms with Crippen molar-refractivity contribution in [2.24, 2.45) is 0 Å². The van der Waals surface area contributed by atoms with Crippen LogP contribution in [0.2, 0.25) is 0 Å². The maximum atomic E-state index is 6.39. The molecule has 0 saturated carbocycles. The summed E-state index contributed by atoms with van der Waals surface area (Å²) in [5.41, 5.74) is 11.1. The van der Waals surface area contributed by atoms with E-state index >= 15 is 0 Å². The SMILES string of the molecule is C=Cc1nc2c3ccccc3c3nc4cccc(N)nc5c6ccccc6c(n/c(=C/C)c1c4)n5[pH]n23. The summed E-state index contributed by atoms with van der Waals surface area (Å²) in [7, 11) is 0.0546. The first-order valence-corrected chi connectivity index (χ1v) is 12.9. The molecule has 2 N–H and O–H groups in total. The second-order valence-corrected chi connectivity index (χ2v) is 9.89. The Morgan fingerprint density at radius 1 is 0.703 bits per heavy atom. The molecule has 6 bridgehead atoms. The van der Waals surface area contributed by atoms with Crippen molar-refractivity contribution < 1.29 is 0 Å². The molecule has 7 nitrogen and oxygen atoms in total. The van der Waals surface area contributed by atoms with Gasteiger partial charge in [-0.2, -0.15) is 0 Å². The first kappa shape index (κ1) is 21.5. The van der Waals surface area contributed by atoms with E-state index in [0.29, 0.717) is 5.82 Å². The third-order valence-electron chi connectivity index (χ3n) is 6.63. The van der Waals surface area contributed by atoms with Crippen LogP contribution < -0.4 is 11.1 Å². The first-order valence-electron chi connectivity index (χ1n) is 12.0. The molecule has 0 radical (unpaired) electrons. The van der Waals surface area contributed by atoms with Gasteiger partial charge in [-0.05, 0) is 31.2 Å². The molecule has 0 saturated heterocycles. The standard InChI is InChI=1S/C29H22N7P/c1-3-23-22-16-17-10-9-15-25(30)34-29-21-14-8-7-13-20(21)28(33-24(22)4-2)36(29)37-35-26(31-17)18-11-5-6-12-19(18)27(35)32-23/h3-16,37H,1,30H2,2H3/b10-9?,17-16?,22-16?,23-22?,24-4+,25-15?,31-17?,31-26?,32-23?,32-27?,33-28?,34-29?. The van der Waals surface area contributed by atoms with E-state index in [0.717, 1.165) is 66.1 Å². The zero-order valence-electron chi connectivity index (χ0n) is 20.1. The molecule has 0 amide bonds. The van der Waals surface area contributed by atoms with Crippen LogP contribution in [0.1, 0.15) is 12.6 Å². The Morgan fingerprint density at radius 3 is 1.86 bits per heavy atom. The van der Waals surface area contributed by atoms with Crippen LogP contribution in [0.4, 0.5) is 5.82 Å². The summed E-state index contributed by atoms with van der Waals surface area (Å²) in [5, 5.41) is 5.68. The van der Waals surface area contributed by atoms with Gasteiger partial charge in [-0.1, -0.05) is 67.3 Å². The summed E-state index contributed by atoms with van der Waals surface area (Å²) in [5.74, 6) is 0.405. The molecule has 178 valence electrons. The van der Waals surface area contributed by atoms with E-state index in [-0.39, 0.29) is 8.51 Å². The number of rotatable bonds is 1. The lowest BCUT2D eigenvalue weighted by Gasteiger charge is -1.99. The Kier molecular flexibility index (Phi) is 4.74. The topological polar surface area (TPSA) is 86.4 Å².